The highest BCUT2D eigenvalue weighted by molar-refractivity contribution is 5.96. The normalized spacial score (nSPS) is 40.8. The quantitative estimate of drug-likeness (QED) is 0.0883. The number of aliphatic hydroxyl groups excluding tert-OH is 13. The van der Waals surface area contributed by atoms with Crippen molar-refractivity contribution >= 4 is 23.4 Å². The van der Waals surface area contributed by atoms with Gasteiger partial charge in [0.05, 0.1) is 86.2 Å². The number of carboxylic acids is 1. The van der Waals surface area contributed by atoms with Crippen LogP contribution in [-0.2, 0) is 38.0 Å². The van der Waals surface area contributed by atoms with Crippen molar-refractivity contribution in [3.8, 4) is 0 Å². The van der Waals surface area contributed by atoms with Crippen LogP contribution in [0.15, 0.2) is 109 Å². The van der Waals surface area contributed by atoms with Crippen LogP contribution in [0.2, 0.25) is 0 Å². The second-order valence-electron chi connectivity index (χ2n) is 24.4. The first kappa shape index (κ1) is 76.7. The van der Waals surface area contributed by atoms with E-state index in [9.17, 15) is 91.0 Å². The van der Waals surface area contributed by atoms with Gasteiger partial charge in [-0.15, -0.1) is 0 Å². The number of anilines is 1. The zero-order valence-corrected chi connectivity index (χ0v) is 51.9. The van der Waals surface area contributed by atoms with Crippen molar-refractivity contribution < 1.29 is 119 Å². The van der Waals surface area contributed by atoms with Crippen LogP contribution in [0.4, 0.5) is 5.69 Å². The number of ketones is 1. The van der Waals surface area contributed by atoms with Crippen LogP contribution in [0, 0.1) is 17.8 Å². The lowest BCUT2D eigenvalue weighted by Crippen LogP contribution is -2.66. The molecule has 512 valence electrons. The van der Waals surface area contributed by atoms with Crippen molar-refractivity contribution in [3.63, 3.8) is 0 Å². The van der Waals surface area contributed by atoms with Gasteiger partial charge in [0.1, 0.15) is 48.6 Å². The van der Waals surface area contributed by atoms with Crippen LogP contribution in [0.5, 0.6) is 0 Å². The molecular weight excluding hydrogens is 1190 g/mol. The summed E-state index contributed by atoms with van der Waals surface area (Å²) in [6.45, 7) is 4.44. The van der Waals surface area contributed by atoms with Crippen LogP contribution >= 0.6 is 0 Å². The predicted octanol–water partition coefficient (Wildman–Crippen LogP) is 0.362. The maximum Gasteiger partial charge on any atom is 0.311 e. The van der Waals surface area contributed by atoms with Gasteiger partial charge in [-0.1, -0.05) is 98.9 Å². The summed E-state index contributed by atoms with van der Waals surface area (Å²) in [4.78, 5) is 39.1. The van der Waals surface area contributed by atoms with Crippen molar-refractivity contribution in [1.82, 2.24) is 0 Å². The first-order valence-electron chi connectivity index (χ1n) is 31.1. The molecule has 91 heavy (non-hydrogen) atoms. The largest absolute Gasteiger partial charge is 0.481 e. The molecule has 0 amide bonds. The number of carbonyl (C=O) groups is 3. The number of nitrogens with one attached hydrogen (secondary N) is 1. The number of nitrogens with two attached hydrogens (primary N) is 1. The van der Waals surface area contributed by atoms with Crippen LogP contribution in [0.25, 0.3) is 0 Å². The molecule has 0 aliphatic carbocycles. The van der Waals surface area contributed by atoms with Crippen LogP contribution < -0.4 is 11.1 Å². The average molecular weight is 1290 g/mol. The molecule has 0 radical (unpaired) electrons. The smallest absolute Gasteiger partial charge is 0.311 e. The van der Waals surface area contributed by atoms with E-state index in [1.165, 1.54) is 19.1 Å². The molecule has 1 aromatic rings. The minimum absolute atomic E-state index is 0.113. The third kappa shape index (κ3) is 24.7. The molecule has 1 aromatic carbocycles. The van der Waals surface area contributed by atoms with Gasteiger partial charge in [-0.3, -0.25) is 14.4 Å². The number of rotatable bonds is 14. The molecule has 26 heteroatoms. The molecule has 18 N–H and O–H groups in total. The molecule has 25 atom stereocenters. The molecule has 3 fully saturated rings. The van der Waals surface area contributed by atoms with Crippen LogP contribution in [0.3, 0.4) is 0 Å². The number of esters is 1. The highest BCUT2D eigenvalue weighted by Gasteiger charge is 2.52. The zero-order valence-electron chi connectivity index (χ0n) is 51.9. The van der Waals surface area contributed by atoms with Crippen molar-refractivity contribution in [2.45, 2.75) is 232 Å². The second-order valence-corrected chi connectivity index (χ2v) is 24.4. The van der Waals surface area contributed by atoms with E-state index in [0.29, 0.717) is 12.0 Å². The molecule has 0 aromatic heterocycles. The molecule has 3 saturated heterocycles. The third-order valence-corrected chi connectivity index (χ3v) is 16.6. The molecule has 4 aliphatic rings. The van der Waals surface area contributed by atoms with Crippen LogP contribution in [-0.4, -0.2) is 242 Å². The summed E-state index contributed by atoms with van der Waals surface area (Å²) >= 11 is 0. The second kappa shape index (κ2) is 37.8. The summed E-state index contributed by atoms with van der Waals surface area (Å²) in [6, 6.07) is 5.54. The van der Waals surface area contributed by atoms with E-state index in [1.54, 1.807) is 98.1 Å². The molecule has 25 unspecified atom stereocenters. The summed E-state index contributed by atoms with van der Waals surface area (Å²) in [6.07, 6.45) is -8.62. The Morgan fingerprint density at radius 1 is 0.670 bits per heavy atom. The number of allylic oxidation sites excluding steroid dienone is 12. The monoisotopic (exact) mass is 1290 g/mol. The van der Waals surface area contributed by atoms with Gasteiger partial charge in [-0.25, -0.2) is 0 Å². The Balaban J connectivity index is 1.34. The highest BCUT2D eigenvalue weighted by atomic mass is 16.7. The summed E-state index contributed by atoms with van der Waals surface area (Å²) in [5.41, 5.74) is 7.76. The Hall–Kier alpha value is -4.99. The van der Waals surface area contributed by atoms with Gasteiger partial charge in [0.15, 0.2) is 24.2 Å². The molecule has 5 rings (SSSR count). The Kier molecular flexibility index (Phi) is 31.9. The molecule has 26 nitrogen and oxygen atoms in total. The number of carbonyl (C=O) groups excluding carboxylic acids is 2. The van der Waals surface area contributed by atoms with Gasteiger partial charge in [-0.2, -0.15) is 0 Å². The number of Topliss-reactive ketones (excluding diaryl/α,β-unsaturated/α-hetero) is 1. The van der Waals surface area contributed by atoms with E-state index >= 15 is 0 Å². The van der Waals surface area contributed by atoms with Gasteiger partial charge in [0.2, 0.25) is 0 Å². The molecule has 4 heterocycles. The fourth-order valence-corrected chi connectivity index (χ4v) is 11.7. The molecule has 2 bridgehead atoms. The molecule has 4 aliphatic heterocycles. The van der Waals surface area contributed by atoms with E-state index in [1.807, 2.05) is 19.9 Å². The third-order valence-electron chi connectivity index (χ3n) is 16.6. The summed E-state index contributed by atoms with van der Waals surface area (Å²) in [7, 11) is 1.76. The van der Waals surface area contributed by atoms with E-state index in [4.69, 9.17) is 34.2 Å². The number of ether oxygens (including phenoxy) is 6. The maximum absolute atomic E-state index is 13.4. The minimum Gasteiger partial charge on any atom is -0.481 e. The number of hydrogen-bond acceptors (Lipinski definition) is 25. The van der Waals surface area contributed by atoms with Crippen molar-refractivity contribution in [3.05, 3.63) is 115 Å². The minimum atomic E-state index is -2.41. The van der Waals surface area contributed by atoms with Crippen LogP contribution in [0.1, 0.15) is 108 Å². The lowest BCUT2D eigenvalue weighted by molar-refractivity contribution is -0.345. The number of hydrogen-bond donors (Lipinski definition) is 17. The standard InChI is InChI=1S/C65H98N2O24/c1-36-17-15-13-11-9-7-5-6-8-10-12-14-16-18-48(87-63-57(80)55(66)61(38(3)86-63)90-64-59(82)58(81)56(79)52(35-68)88-64)32-51-54(62(83)84)50(77)34-65(85,91-51)33-47(75)29-45(73)27-43(71)25-42(70)26-44(72)28-46(74)31-53(78)89-60(36)37(2)19-24-41(69)30-49(76)39-20-22-40(67-4)23-21-39/h5-18,20-23,36-38,41-48,50-52,54-61,63-64,67-75,77,79-82,85H,19,24-35,66H2,1-4H3,(H,83,84)/b6-5+,9-7+,10-8+,13-11+,14-12+,17-15+,18-16+. The predicted molar refractivity (Wildman–Crippen MR) is 329 cm³/mol. The Morgan fingerprint density at radius 2 is 1.20 bits per heavy atom. The van der Waals surface area contributed by atoms with Crippen molar-refractivity contribution in [1.29, 1.82) is 0 Å². The number of carboxylic acid groups (broad SMARTS) is 1. The SMILES string of the molecule is CNc1ccc(C(=O)CC(O)CCC(C)C2OC(=O)CC(O)CC(O)CC(O)CC(O)CC(O)CC(O)CC3(O)CC(O)C(C(=O)O)C(CC(OC4OC(C)C(OC5OC(CO)C(O)C(O)C5O)C(N)C4O)/C=C/C=C/C=C/C=C/C=C/C=C/C=C/C2C)O3)cc1. The Labute approximate surface area is 530 Å². The number of cyclic esters (lactones) is 1. The Morgan fingerprint density at radius 3 is 1.75 bits per heavy atom. The lowest BCUT2D eigenvalue weighted by Gasteiger charge is -2.47. The first-order valence-corrected chi connectivity index (χ1v) is 31.1. The van der Waals surface area contributed by atoms with Gasteiger partial charge in [0, 0.05) is 49.9 Å². The number of fused-ring (bicyclic) bond motifs is 2. The van der Waals surface area contributed by atoms with Gasteiger partial charge < -0.3 is 116 Å². The molecular formula is C65H98N2O24. The Bertz CT molecular complexity index is 2580. The van der Waals surface area contributed by atoms with E-state index in [-0.39, 0.29) is 49.7 Å². The fourth-order valence-electron chi connectivity index (χ4n) is 11.7. The van der Waals surface area contributed by atoms with E-state index < -0.39 is 197 Å². The number of aliphatic carboxylic acids is 1. The van der Waals surface area contributed by atoms with E-state index in [2.05, 4.69) is 5.32 Å². The van der Waals surface area contributed by atoms with Gasteiger partial charge in [-0.05, 0) is 82.1 Å². The first-order chi connectivity index (χ1) is 43.1. The van der Waals surface area contributed by atoms with Gasteiger partial charge >= 0.3 is 11.9 Å². The zero-order chi connectivity index (χ0) is 67.1. The molecule has 0 saturated carbocycles. The number of aliphatic hydroxyl groups is 14. The van der Waals surface area contributed by atoms with Crippen molar-refractivity contribution in [2.24, 2.45) is 23.5 Å². The highest BCUT2D eigenvalue weighted by Crippen LogP contribution is 2.39. The fraction of sp³-hybridized carbons (Fsp3) is 0.646. The van der Waals surface area contributed by atoms with Crippen molar-refractivity contribution in [2.75, 3.05) is 19.0 Å². The van der Waals surface area contributed by atoms with E-state index in [0.717, 1.165) is 5.69 Å². The van der Waals surface area contributed by atoms with Gasteiger partial charge in [0.25, 0.3) is 0 Å². The maximum atomic E-state index is 13.4. The summed E-state index contributed by atoms with van der Waals surface area (Å²) in [5, 5.41) is 165. The summed E-state index contributed by atoms with van der Waals surface area (Å²) < 4.78 is 35.6. The summed E-state index contributed by atoms with van der Waals surface area (Å²) in [5.74, 6) is -7.31. The molecule has 0 spiro atoms. The topological polar surface area (TPSA) is 448 Å². The lowest BCUT2D eigenvalue weighted by atomic mass is 9.82. The number of benzene rings is 1. The average Bonchev–Trinajstić information content (AvgIpc) is 0.850.